The average Bonchev–Trinajstić information content (AvgIpc) is 3.75. The summed E-state index contributed by atoms with van der Waals surface area (Å²) in [6, 6.07) is 12.1. The minimum absolute atomic E-state index is 0.00652. The van der Waals surface area contributed by atoms with Gasteiger partial charge in [-0.15, -0.1) is 0 Å². The second kappa shape index (κ2) is 14.7. The van der Waals surface area contributed by atoms with Gasteiger partial charge in [-0.05, 0) is 24.3 Å². The number of benzene rings is 2. The summed E-state index contributed by atoms with van der Waals surface area (Å²) in [4.78, 5) is 48.4. The summed E-state index contributed by atoms with van der Waals surface area (Å²) in [6.45, 7) is 0. The summed E-state index contributed by atoms with van der Waals surface area (Å²) >= 11 is 0. The molecule has 2 atom stereocenters. The lowest BCUT2D eigenvalue weighted by Crippen LogP contribution is -2.25. The maximum atomic E-state index is 13.1. The van der Waals surface area contributed by atoms with Crippen LogP contribution in [0.4, 0.5) is 0 Å². The van der Waals surface area contributed by atoms with Gasteiger partial charge in [0.1, 0.15) is 11.5 Å². The Labute approximate surface area is 288 Å². The summed E-state index contributed by atoms with van der Waals surface area (Å²) in [7, 11) is 2.63. The van der Waals surface area contributed by atoms with E-state index in [4.69, 9.17) is 28.4 Å². The molecule has 0 aliphatic carbocycles. The van der Waals surface area contributed by atoms with E-state index in [1.54, 1.807) is 24.3 Å². The molecule has 4 heterocycles. The van der Waals surface area contributed by atoms with Gasteiger partial charge in [-0.25, -0.2) is 19.6 Å². The van der Waals surface area contributed by atoms with Gasteiger partial charge >= 0.3 is 11.9 Å². The molecule has 16 nitrogen and oxygen atoms in total. The first-order valence-corrected chi connectivity index (χ1v) is 17.2. The van der Waals surface area contributed by atoms with Crippen molar-refractivity contribution in [1.29, 1.82) is 0 Å². The first-order chi connectivity index (χ1) is 24.2. The third kappa shape index (κ3) is 7.10. The fourth-order valence-electron chi connectivity index (χ4n) is 4.86. The molecule has 0 spiro atoms. The van der Waals surface area contributed by atoms with Crippen molar-refractivity contribution in [3.63, 3.8) is 0 Å². The number of pyridine rings is 2. The number of fused-ring (bicyclic) bond motifs is 2. The molecular weight excluding hydrogens is 693 g/mol. The zero-order chi connectivity index (χ0) is 35.4. The zero-order valence-electron chi connectivity index (χ0n) is 26.9. The molecule has 2 unspecified atom stereocenters. The van der Waals surface area contributed by atoms with Crippen molar-refractivity contribution in [2.75, 3.05) is 28.4 Å². The molecule has 0 fully saturated rings. The monoisotopic (exact) mass is 720 g/mol. The highest BCUT2D eigenvalue weighted by molar-refractivity contribution is 7.84. The number of carbonyl (C=O) groups is 2. The largest absolute Gasteiger partial charge is 0.493 e. The molecule has 0 amide bonds. The third-order valence-electron chi connectivity index (χ3n) is 7.15. The van der Waals surface area contributed by atoms with E-state index in [1.165, 1.54) is 65.1 Å². The smallest absolute Gasteiger partial charge is 0.423 e. The molecule has 2 N–H and O–H groups in total. The number of aromatic nitrogens is 6. The standard InChI is InChI=1S/C32H28N6O10S2/c1-43-25-9-11-33-23(27(25)45-3)15-49(41)31-35-19-7-5-17(13-21(19)37-31)47-29(39)30(40)48-18-6-8-20-22(14-18)38-32(36-20)50(42)16-24-28(46-4)26(44-2)10-12-34-24/h5-14H,15-16H2,1-4H3,(H,35,37)(H,36,38). The van der Waals surface area contributed by atoms with Crippen LogP contribution in [-0.4, -0.2) is 78.7 Å². The van der Waals surface area contributed by atoms with E-state index < -0.39 is 33.5 Å². The van der Waals surface area contributed by atoms with Gasteiger partial charge in [0.05, 0.1) is 95.0 Å². The van der Waals surface area contributed by atoms with Crippen LogP contribution in [0.2, 0.25) is 0 Å². The average molecular weight is 721 g/mol. The lowest BCUT2D eigenvalue weighted by atomic mass is 10.3. The number of nitrogens with zero attached hydrogens (tertiary/aromatic N) is 4. The first-order valence-electron chi connectivity index (χ1n) is 14.5. The van der Waals surface area contributed by atoms with E-state index in [9.17, 15) is 18.0 Å². The molecule has 50 heavy (non-hydrogen) atoms. The number of aromatic amines is 2. The Kier molecular flexibility index (Phi) is 10.0. The Morgan fingerprint density at radius 3 is 1.42 bits per heavy atom. The molecule has 6 aromatic rings. The van der Waals surface area contributed by atoms with E-state index >= 15 is 0 Å². The lowest BCUT2D eigenvalue weighted by Gasteiger charge is -2.10. The minimum atomic E-state index is -1.64. The highest BCUT2D eigenvalue weighted by Crippen LogP contribution is 2.32. The Hall–Kier alpha value is -5.88. The van der Waals surface area contributed by atoms with Crippen molar-refractivity contribution in [3.8, 4) is 34.5 Å². The van der Waals surface area contributed by atoms with Crippen molar-refractivity contribution < 1.29 is 46.4 Å². The van der Waals surface area contributed by atoms with E-state index in [0.717, 1.165) is 0 Å². The fraction of sp³-hybridized carbons (Fsp3) is 0.188. The normalized spacial score (nSPS) is 12.3. The molecule has 0 bridgehead atoms. The first kappa shape index (κ1) is 34.0. The molecule has 0 aliphatic rings. The van der Waals surface area contributed by atoms with Gasteiger partial charge in [0.2, 0.25) is 0 Å². The predicted molar refractivity (Wildman–Crippen MR) is 178 cm³/mol. The van der Waals surface area contributed by atoms with Crippen LogP contribution >= 0.6 is 0 Å². The fourth-order valence-corrected chi connectivity index (χ4v) is 6.89. The van der Waals surface area contributed by atoms with Gasteiger partial charge in [-0.3, -0.25) is 18.4 Å². The van der Waals surface area contributed by atoms with Gasteiger partial charge in [0.25, 0.3) is 0 Å². The van der Waals surface area contributed by atoms with E-state index in [1.807, 2.05) is 0 Å². The van der Waals surface area contributed by atoms with Crippen molar-refractivity contribution >= 4 is 55.6 Å². The second-order valence-electron chi connectivity index (χ2n) is 10.2. The number of hydrogen-bond acceptors (Lipinski definition) is 14. The quantitative estimate of drug-likeness (QED) is 0.106. The molecule has 0 saturated heterocycles. The van der Waals surface area contributed by atoms with Gasteiger partial charge in [-0.2, -0.15) is 0 Å². The van der Waals surface area contributed by atoms with E-state index in [0.29, 0.717) is 56.5 Å². The van der Waals surface area contributed by atoms with Crippen LogP contribution in [0.25, 0.3) is 22.1 Å². The second-order valence-corrected chi connectivity index (χ2v) is 12.9. The van der Waals surface area contributed by atoms with Crippen molar-refractivity contribution in [1.82, 2.24) is 29.9 Å². The highest BCUT2D eigenvalue weighted by Gasteiger charge is 2.22. The summed E-state index contributed by atoms with van der Waals surface area (Å²) in [6.07, 6.45) is 3.05. The Bertz CT molecular complexity index is 2130. The number of carbonyl (C=O) groups excluding carboxylic acids is 2. The molecule has 6 rings (SSSR count). The summed E-state index contributed by atoms with van der Waals surface area (Å²) in [5.41, 5.74) is 2.57. The van der Waals surface area contributed by atoms with E-state index in [-0.39, 0.29) is 33.3 Å². The molecular formula is C32H28N6O10S2. The van der Waals surface area contributed by atoms with Gasteiger partial charge in [-0.1, -0.05) is 0 Å². The number of hydrogen-bond donors (Lipinski definition) is 2. The van der Waals surface area contributed by atoms with Crippen LogP contribution < -0.4 is 28.4 Å². The van der Waals surface area contributed by atoms with Gasteiger partial charge in [0, 0.05) is 36.7 Å². The van der Waals surface area contributed by atoms with Crippen molar-refractivity contribution in [3.05, 3.63) is 72.3 Å². The molecule has 18 heteroatoms. The number of ether oxygens (including phenoxy) is 6. The van der Waals surface area contributed by atoms with Crippen LogP contribution in [-0.2, 0) is 42.7 Å². The zero-order valence-corrected chi connectivity index (χ0v) is 28.5. The number of rotatable bonds is 12. The predicted octanol–water partition coefficient (Wildman–Crippen LogP) is 3.39. The molecule has 4 aromatic heterocycles. The van der Waals surface area contributed by atoms with Gasteiger partial charge < -0.3 is 38.4 Å². The van der Waals surface area contributed by atoms with Crippen LogP contribution in [0.5, 0.6) is 34.5 Å². The number of methoxy groups -OCH3 is 4. The summed E-state index contributed by atoms with van der Waals surface area (Å²) in [5.74, 6) is -0.893. The lowest BCUT2D eigenvalue weighted by molar-refractivity contribution is -0.156. The molecule has 0 saturated carbocycles. The Morgan fingerprint density at radius 1 is 0.620 bits per heavy atom. The topological polar surface area (TPSA) is 207 Å². The number of nitrogens with one attached hydrogen (secondary N) is 2. The van der Waals surface area contributed by atoms with Gasteiger partial charge in [0.15, 0.2) is 33.3 Å². The van der Waals surface area contributed by atoms with Crippen molar-refractivity contribution in [2.24, 2.45) is 0 Å². The van der Waals surface area contributed by atoms with Crippen LogP contribution in [0.1, 0.15) is 11.4 Å². The van der Waals surface area contributed by atoms with E-state index in [2.05, 4.69) is 29.9 Å². The SMILES string of the molecule is COc1ccnc(CS(=O)c2nc3ccc(OC(=O)C(=O)Oc4ccc5nc(S(=O)Cc6nccc(OC)c6OC)[nH]c5c4)cc3[nH]2)c1OC. The third-order valence-corrected chi connectivity index (χ3v) is 9.47. The Morgan fingerprint density at radius 2 is 1.04 bits per heavy atom. The maximum Gasteiger partial charge on any atom is 0.423 e. The summed E-state index contributed by atoms with van der Waals surface area (Å²) < 4.78 is 58.0. The number of H-pyrrole nitrogens is 2. The van der Waals surface area contributed by atoms with Crippen LogP contribution in [0.15, 0.2) is 71.2 Å². The maximum absolute atomic E-state index is 13.1. The molecule has 2 aromatic carbocycles. The van der Waals surface area contributed by atoms with Crippen molar-refractivity contribution in [2.45, 2.75) is 21.8 Å². The highest BCUT2D eigenvalue weighted by atomic mass is 32.2. The molecule has 0 aliphatic heterocycles. The molecule has 0 radical (unpaired) electrons. The minimum Gasteiger partial charge on any atom is -0.493 e. The van der Waals surface area contributed by atoms with Crippen LogP contribution in [0.3, 0.4) is 0 Å². The molecule has 258 valence electrons. The van der Waals surface area contributed by atoms with Crippen LogP contribution in [0, 0.1) is 0 Å². The number of esters is 2. The number of imidazole rings is 2. The summed E-state index contributed by atoms with van der Waals surface area (Å²) in [5, 5.41) is 0.319. The Balaban J connectivity index is 1.10.